The van der Waals surface area contributed by atoms with E-state index in [-0.39, 0.29) is 28.7 Å². The lowest BCUT2D eigenvalue weighted by Gasteiger charge is -2.44. The van der Waals surface area contributed by atoms with Gasteiger partial charge in [0.25, 0.3) is 5.56 Å². The second kappa shape index (κ2) is 9.87. The maximum Gasteiger partial charge on any atom is 0.303 e. The maximum absolute atomic E-state index is 13.2. The van der Waals surface area contributed by atoms with Gasteiger partial charge in [-0.3, -0.25) is 9.59 Å². The number of rotatable bonds is 7. The number of likely N-dealkylation sites (tertiary alicyclic amines) is 1. The van der Waals surface area contributed by atoms with Crippen LogP contribution in [0.2, 0.25) is 0 Å². The highest BCUT2D eigenvalue weighted by Gasteiger charge is 2.38. The van der Waals surface area contributed by atoms with Crippen LogP contribution < -0.4 is 5.56 Å². The maximum atomic E-state index is 13.2. The van der Waals surface area contributed by atoms with Gasteiger partial charge in [-0.05, 0) is 61.8 Å². The highest BCUT2D eigenvalue weighted by Crippen LogP contribution is 2.36. The number of hydrogen-bond donors (Lipinski definition) is 1. The van der Waals surface area contributed by atoms with Crippen LogP contribution in [0.4, 0.5) is 0 Å². The van der Waals surface area contributed by atoms with Crippen LogP contribution in [0.15, 0.2) is 58.2 Å². The number of sulfonamides is 1. The summed E-state index contributed by atoms with van der Waals surface area (Å²) in [4.78, 5) is 26.5. The first-order valence-corrected chi connectivity index (χ1v) is 13.9. The topological polar surface area (TPSA) is 99.9 Å². The molecule has 188 valence electrons. The molecule has 5 rings (SSSR count). The van der Waals surface area contributed by atoms with E-state index < -0.39 is 16.0 Å². The Bertz CT molecular complexity index is 1230. The van der Waals surface area contributed by atoms with E-state index in [1.165, 1.54) is 0 Å². The van der Waals surface area contributed by atoms with Gasteiger partial charge in [-0.2, -0.15) is 4.31 Å². The van der Waals surface area contributed by atoms with Gasteiger partial charge in [0, 0.05) is 56.8 Å². The Hall–Kier alpha value is -2.49. The molecular formula is C26H33N3O5S. The second-order valence-electron chi connectivity index (χ2n) is 10.3. The van der Waals surface area contributed by atoms with Crippen molar-refractivity contribution in [2.24, 2.45) is 17.8 Å². The molecule has 0 amide bonds. The zero-order valence-electron chi connectivity index (χ0n) is 19.8. The fourth-order valence-corrected chi connectivity index (χ4v) is 7.89. The second-order valence-corrected chi connectivity index (χ2v) is 12.3. The molecule has 2 bridgehead atoms. The summed E-state index contributed by atoms with van der Waals surface area (Å²) in [5, 5.41) is 9.46. The van der Waals surface area contributed by atoms with Crippen LogP contribution in [0, 0.1) is 17.8 Å². The van der Waals surface area contributed by atoms with E-state index >= 15 is 0 Å². The van der Waals surface area contributed by atoms with Crippen molar-refractivity contribution >= 4 is 16.0 Å². The Balaban J connectivity index is 1.28. The number of carbonyl (C=O) groups is 1. The lowest BCUT2D eigenvalue weighted by molar-refractivity contribution is -0.139. The van der Waals surface area contributed by atoms with Crippen molar-refractivity contribution in [1.82, 2.24) is 13.8 Å². The van der Waals surface area contributed by atoms with E-state index in [1.54, 1.807) is 40.7 Å². The predicted octanol–water partition coefficient (Wildman–Crippen LogP) is 2.46. The average Bonchev–Trinajstić information content (AvgIpc) is 2.84. The summed E-state index contributed by atoms with van der Waals surface area (Å²) < 4.78 is 29.9. The van der Waals surface area contributed by atoms with Gasteiger partial charge in [-0.15, -0.1) is 0 Å². The van der Waals surface area contributed by atoms with Crippen LogP contribution in [0.25, 0.3) is 0 Å². The molecule has 3 aliphatic rings. The van der Waals surface area contributed by atoms with Crippen molar-refractivity contribution in [2.75, 3.05) is 32.7 Å². The van der Waals surface area contributed by atoms with Gasteiger partial charge in [-0.1, -0.05) is 24.3 Å². The predicted molar refractivity (Wildman–Crippen MR) is 132 cm³/mol. The fourth-order valence-electron chi connectivity index (χ4n) is 6.35. The zero-order chi connectivity index (χ0) is 24.6. The number of piperidine rings is 2. The summed E-state index contributed by atoms with van der Waals surface area (Å²) in [5.74, 6) is -0.104. The molecule has 1 aromatic carbocycles. The van der Waals surface area contributed by atoms with E-state index in [1.807, 2.05) is 10.6 Å². The zero-order valence-corrected chi connectivity index (χ0v) is 20.6. The number of pyridine rings is 1. The van der Waals surface area contributed by atoms with Gasteiger partial charge in [0.15, 0.2) is 0 Å². The summed E-state index contributed by atoms with van der Waals surface area (Å²) in [7, 11) is -3.60. The van der Waals surface area contributed by atoms with Gasteiger partial charge in [-0.25, -0.2) is 8.42 Å². The highest BCUT2D eigenvalue weighted by atomic mass is 32.2. The molecule has 2 aromatic rings. The van der Waals surface area contributed by atoms with E-state index in [0.717, 1.165) is 44.7 Å². The molecule has 1 aromatic heterocycles. The summed E-state index contributed by atoms with van der Waals surface area (Å²) in [5.41, 5.74) is 1.18. The third kappa shape index (κ3) is 5.08. The third-order valence-corrected chi connectivity index (χ3v) is 9.92. The van der Waals surface area contributed by atoms with Crippen LogP contribution in [0.3, 0.4) is 0 Å². The van der Waals surface area contributed by atoms with E-state index in [2.05, 4.69) is 11.0 Å². The Morgan fingerprint density at radius 2 is 1.77 bits per heavy atom. The van der Waals surface area contributed by atoms with Crippen LogP contribution >= 0.6 is 0 Å². The molecule has 3 aliphatic heterocycles. The van der Waals surface area contributed by atoms with Crippen molar-refractivity contribution in [3.63, 3.8) is 0 Å². The van der Waals surface area contributed by atoms with Crippen LogP contribution in [-0.4, -0.2) is 66.0 Å². The highest BCUT2D eigenvalue weighted by molar-refractivity contribution is 7.89. The molecule has 2 saturated heterocycles. The Morgan fingerprint density at radius 3 is 2.54 bits per heavy atom. The molecule has 0 radical (unpaired) electrons. The van der Waals surface area contributed by atoms with Crippen molar-refractivity contribution in [3.05, 3.63) is 64.6 Å². The lowest BCUT2D eigenvalue weighted by Crippen LogP contribution is -2.48. The average molecular weight is 500 g/mol. The van der Waals surface area contributed by atoms with Gasteiger partial charge in [0.1, 0.15) is 0 Å². The Labute approximate surface area is 206 Å². The fraction of sp³-hybridized carbons (Fsp3) is 0.538. The van der Waals surface area contributed by atoms with Crippen LogP contribution in [0.5, 0.6) is 0 Å². The molecule has 0 spiro atoms. The normalized spacial score (nSPS) is 27.3. The van der Waals surface area contributed by atoms with Gasteiger partial charge < -0.3 is 14.6 Å². The molecule has 4 heterocycles. The molecule has 9 heteroatoms. The van der Waals surface area contributed by atoms with Crippen molar-refractivity contribution in [1.29, 1.82) is 0 Å². The molecule has 0 saturated carbocycles. The first-order valence-electron chi connectivity index (χ1n) is 12.5. The molecule has 1 N–H and O–H groups in total. The van der Waals surface area contributed by atoms with Gasteiger partial charge in [0.2, 0.25) is 10.0 Å². The number of hydrogen-bond acceptors (Lipinski definition) is 5. The van der Waals surface area contributed by atoms with E-state index in [9.17, 15) is 23.1 Å². The van der Waals surface area contributed by atoms with Crippen molar-refractivity contribution in [2.45, 2.75) is 43.0 Å². The van der Waals surface area contributed by atoms with Crippen LogP contribution in [-0.2, 0) is 21.4 Å². The summed E-state index contributed by atoms with van der Waals surface area (Å²) in [6.07, 6.45) is 2.49. The minimum Gasteiger partial charge on any atom is -0.481 e. The lowest BCUT2D eigenvalue weighted by atomic mass is 9.80. The quantitative estimate of drug-likeness (QED) is 0.628. The van der Waals surface area contributed by atoms with Crippen LogP contribution in [0.1, 0.15) is 37.3 Å². The summed E-state index contributed by atoms with van der Waals surface area (Å²) in [6.45, 7) is 4.06. The summed E-state index contributed by atoms with van der Waals surface area (Å²) >= 11 is 0. The smallest absolute Gasteiger partial charge is 0.303 e. The number of carboxylic acids is 1. The number of nitrogens with zero attached hydrogens (tertiary/aromatic N) is 3. The largest absolute Gasteiger partial charge is 0.481 e. The first-order chi connectivity index (χ1) is 16.8. The minimum atomic E-state index is -3.60. The standard InChI is InChI=1S/C26H33N3O5S/c30-25-8-4-7-24-22-13-19(16-29(24)25)15-27(17-22)11-9-21-18-28(12-10-20(21)14-26(31)32)35(33,34)23-5-2-1-3-6-23/h1-8,19-22H,9-18H2,(H,31,32)/t19-,20+,21+,22-/m1/s1. The molecule has 0 unspecified atom stereocenters. The molecule has 4 atom stereocenters. The number of benzene rings is 1. The monoisotopic (exact) mass is 499 g/mol. The molecule has 2 fully saturated rings. The molecule has 35 heavy (non-hydrogen) atoms. The number of fused-ring (bicyclic) bond motifs is 4. The van der Waals surface area contributed by atoms with Gasteiger partial charge >= 0.3 is 5.97 Å². The Kier molecular flexibility index (Phi) is 6.83. The SMILES string of the molecule is O=C(O)C[C@@H]1CCN(S(=O)(=O)c2ccccc2)C[C@@H]1CCN1C[C@H]2C[C@H](C1)c1cccc(=O)n1C2. The first kappa shape index (κ1) is 24.2. The van der Waals surface area contributed by atoms with Gasteiger partial charge in [0.05, 0.1) is 4.90 Å². The van der Waals surface area contributed by atoms with E-state index in [4.69, 9.17) is 0 Å². The number of aromatic nitrogens is 1. The summed E-state index contributed by atoms with van der Waals surface area (Å²) in [6, 6.07) is 14.0. The van der Waals surface area contributed by atoms with Crippen molar-refractivity contribution < 1.29 is 18.3 Å². The molecule has 0 aliphatic carbocycles. The Morgan fingerprint density at radius 1 is 0.971 bits per heavy atom. The number of aliphatic carboxylic acids is 1. The minimum absolute atomic E-state index is 0.00462. The van der Waals surface area contributed by atoms with E-state index in [0.29, 0.717) is 31.3 Å². The number of carboxylic acid groups (broad SMARTS) is 1. The molecule has 8 nitrogen and oxygen atoms in total. The third-order valence-electron chi connectivity index (χ3n) is 8.04. The molecular weight excluding hydrogens is 466 g/mol. The van der Waals surface area contributed by atoms with Crippen molar-refractivity contribution in [3.8, 4) is 0 Å².